The zero-order valence-electron chi connectivity index (χ0n) is 10.3. The van der Waals surface area contributed by atoms with Crippen LogP contribution in [0.15, 0.2) is 24.3 Å². The van der Waals surface area contributed by atoms with E-state index in [0.29, 0.717) is 12.3 Å². The molecule has 1 rings (SSSR count). The molecular formula is C14H20O2. The number of benzene rings is 1. The Labute approximate surface area is 97.6 Å². The van der Waals surface area contributed by atoms with Crippen molar-refractivity contribution in [2.45, 2.75) is 39.5 Å². The molecule has 16 heavy (non-hydrogen) atoms. The molecule has 0 aliphatic heterocycles. The van der Waals surface area contributed by atoms with Gasteiger partial charge < -0.3 is 4.74 Å². The molecule has 2 nitrogen and oxygen atoms in total. The Balaban J connectivity index is 2.63. The minimum absolute atomic E-state index is 0.168. The molecule has 88 valence electrons. The van der Waals surface area contributed by atoms with E-state index in [1.54, 1.807) is 0 Å². The van der Waals surface area contributed by atoms with E-state index in [1.165, 1.54) is 0 Å². The molecule has 1 aromatic rings. The fraction of sp³-hybridized carbons (Fsp3) is 0.500. The lowest BCUT2D eigenvalue weighted by Crippen LogP contribution is -2.11. The Hall–Kier alpha value is -1.31. The maximum absolute atomic E-state index is 11.4. The van der Waals surface area contributed by atoms with Crippen LogP contribution in [0.2, 0.25) is 0 Å². The molecule has 0 aliphatic rings. The van der Waals surface area contributed by atoms with Crippen molar-refractivity contribution in [3.05, 3.63) is 29.8 Å². The zero-order chi connectivity index (χ0) is 12.0. The monoisotopic (exact) mass is 220 g/mol. The second kappa shape index (κ2) is 6.31. The second-order valence-electron chi connectivity index (χ2n) is 4.27. The molecule has 0 N–H and O–H groups in total. The average molecular weight is 220 g/mol. The van der Waals surface area contributed by atoms with Gasteiger partial charge in [-0.3, -0.25) is 4.79 Å². The number of hydrogen-bond donors (Lipinski definition) is 0. The molecule has 0 radical (unpaired) electrons. The van der Waals surface area contributed by atoms with Crippen molar-refractivity contribution in [2.24, 2.45) is 0 Å². The van der Waals surface area contributed by atoms with Crippen LogP contribution in [0.4, 0.5) is 0 Å². The van der Waals surface area contributed by atoms with Crippen LogP contribution in [-0.4, -0.2) is 12.4 Å². The van der Waals surface area contributed by atoms with Crippen LogP contribution >= 0.6 is 0 Å². The molecule has 0 aliphatic carbocycles. The van der Waals surface area contributed by atoms with Crippen molar-refractivity contribution >= 4 is 5.78 Å². The number of carbonyl (C=O) groups is 1. The van der Waals surface area contributed by atoms with Gasteiger partial charge in [0, 0.05) is 6.42 Å². The fourth-order valence-corrected chi connectivity index (χ4v) is 1.60. The number of carbonyl (C=O) groups excluding carboxylic acids is 1. The van der Waals surface area contributed by atoms with Gasteiger partial charge >= 0.3 is 0 Å². The first-order chi connectivity index (χ1) is 7.65. The molecular weight excluding hydrogens is 200 g/mol. The summed E-state index contributed by atoms with van der Waals surface area (Å²) in [6, 6.07) is 7.90. The Kier molecular flexibility index (Phi) is 5.03. The van der Waals surface area contributed by atoms with E-state index in [1.807, 2.05) is 31.2 Å². The minimum atomic E-state index is 0.168. The summed E-state index contributed by atoms with van der Waals surface area (Å²) in [5.41, 5.74) is 1.16. The van der Waals surface area contributed by atoms with Crippen LogP contribution in [0.1, 0.15) is 45.1 Å². The Morgan fingerprint density at radius 2 is 2.00 bits per heavy atom. The molecule has 0 unspecified atom stereocenters. The molecule has 2 heteroatoms. The molecule has 0 spiro atoms. The summed E-state index contributed by atoms with van der Waals surface area (Å²) < 4.78 is 5.56. The summed E-state index contributed by atoms with van der Waals surface area (Å²) in [5.74, 6) is 1.42. The van der Waals surface area contributed by atoms with Crippen molar-refractivity contribution in [3.8, 4) is 5.75 Å². The third-order valence-corrected chi connectivity index (χ3v) is 2.46. The standard InChI is InChI=1S/C14H20O2/c1-4-7-12(15)10-16-14-9-6-5-8-13(14)11(2)3/h5-6,8-9,11H,4,7,10H2,1-3H3. The first kappa shape index (κ1) is 12.8. The number of ether oxygens (including phenoxy) is 1. The quantitative estimate of drug-likeness (QED) is 0.732. The van der Waals surface area contributed by atoms with Crippen molar-refractivity contribution in [1.82, 2.24) is 0 Å². The van der Waals surface area contributed by atoms with Crippen LogP contribution < -0.4 is 4.74 Å². The molecule has 0 heterocycles. The van der Waals surface area contributed by atoms with Gasteiger partial charge in [-0.25, -0.2) is 0 Å². The van der Waals surface area contributed by atoms with Gasteiger partial charge in [-0.2, -0.15) is 0 Å². The smallest absolute Gasteiger partial charge is 0.170 e. The highest BCUT2D eigenvalue weighted by Gasteiger charge is 2.08. The number of ketones is 1. The topological polar surface area (TPSA) is 26.3 Å². The van der Waals surface area contributed by atoms with Gasteiger partial charge in [0.25, 0.3) is 0 Å². The zero-order valence-corrected chi connectivity index (χ0v) is 10.3. The number of rotatable bonds is 6. The molecule has 0 saturated heterocycles. The van der Waals surface area contributed by atoms with Crippen LogP contribution in [0, 0.1) is 0 Å². The van der Waals surface area contributed by atoms with Crippen LogP contribution in [-0.2, 0) is 4.79 Å². The Bertz CT molecular complexity index is 342. The normalized spacial score (nSPS) is 10.5. The predicted molar refractivity (Wildman–Crippen MR) is 65.9 cm³/mol. The lowest BCUT2D eigenvalue weighted by Gasteiger charge is -2.13. The highest BCUT2D eigenvalue weighted by atomic mass is 16.5. The van der Waals surface area contributed by atoms with Gasteiger partial charge in [-0.15, -0.1) is 0 Å². The largest absolute Gasteiger partial charge is 0.486 e. The van der Waals surface area contributed by atoms with Crippen molar-refractivity contribution in [2.75, 3.05) is 6.61 Å². The lowest BCUT2D eigenvalue weighted by molar-refractivity contribution is -0.121. The van der Waals surface area contributed by atoms with Crippen molar-refractivity contribution in [3.63, 3.8) is 0 Å². The minimum Gasteiger partial charge on any atom is -0.486 e. The predicted octanol–water partition coefficient (Wildman–Crippen LogP) is 3.56. The van der Waals surface area contributed by atoms with Gasteiger partial charge in [0.15, 0.2) is 5.78 Å². The van der Waals surface area contributed by atoms with E-state index in [4.69, 9.17) is 4.74 Å². The molecule has 0 saturated carbocycles. The molecule has 1 aromatic carbocycles. The summed E-state index contributed by atoms with van der Waals surface area (Å²) in [5, 5.41) is 0. The van der Waals surface area contributed by atoms with Gasteiger partial charge in [-0.1, -0.05) is 39.0 Å². The highest BCUT2D eigenvalue weighted by Crippen LogP contribution is 2.25. The van der Waals surface area contributed by atoms with E-state index in [9.17, 15) is 4.79 Å². The highest BCUT2D eigenvalue weighted by molar-refractivity contribution is 5.79. The average Bonchev–Trinajstić information content (AvgIpc) is 2.27. The van der Waals surface area contributed by atoms with Gasteiger partial charge in [-0.05, 0) is 24.0 Å². The first-order valence-electron chi connectivity index (χ1n) is 5.88. The van der Waals surface area contributed by atoms with Crippen molar-refractivity contribution < 1.29 is 9.53 Å². The van der Waals surface area contributed by atoms with Gasteiger partial charge in [0.1, 0.15) is 12.4 Å². The second-order valence-corrected chi connectivity index (χ2v) is 4.27. The summed E-state index contributed by atoms with van der Waals surface area (Å²) >= 11 is 0. The van der Waals surface area contributed by atoms with E-state index in [-0.39, 0.29) is 12.4 Å². The number of Topliss-reactive ketones (excluding diaryl/α,β-unsaturated/α-hetero) is 1. The molecule has 0 atom stereocenters. The summed E-state index contributed by atoms with van der Waals surface area (Å²) in [6.07, 6.45) is 1.48. The third-order valence-electron chi connectivity index (χ3n) is 2.46. The van der Waals surface area contributed by atoms with E-state index in [2.05, 4.69) is 13.8 Å². The Morgan fingerprint density at radius 1 is 1.31 bits per heavy atom. The summed E-state index contributed by atoms with van der Waals surface area (Å²) in [7, 11) is 0. The third kappa shape index (κ3) is 3.69. The number of para-hydroxylation sites is 1. The van der Waals surface area contributed by atoms with E-state index in [0.717, 1.165) is 17.7 Å². The first-order valence-corrected chi connectivity index (χ1v) is 5.88. The summed E-state index contributed by atoms with van der Waals surface area (Å²) in [4.78, 5) is 11.4. The van der Waals surface area contributed by atoms with Crippen molar-refractivity contribution in [1.29, 1.82) is 0 Å². The van der Waals surface area contributed by atoms with Crippen LogP contribution in [0.3, 0.4) is 0 Å². The Morgan fingerprint density at radius 3 is 2.62 bits per heavy atom. The van der Waals surface area contributed by atoms with E-state index < -0.39 is 0 Å². The maximum atomic E-state index is 11.4. The maximum Gasteiger partial charge on any atom is 0.170 e. The summed E-state index contributed by atoms with van der Waals surface area (Å²) in [6.45, 7) is 6.43. The molecule has 0 amide bonds. The lowest BCUT2D eigenvalue weighted by atomic mass is 10.0. The number of hydrogen-bond acceptors (Lipinski definition) is 2. The van der Waals surface area contributed by atoms with Crippen LogP contribution in [0.25, 0.3) is 0 Å². The SMILES string of the molecule is CCCC(=O)COc1ccccc1C(C)C. The van der Waals surface area contributed by atoms with Crippen LogP contribution in [0.5, 0.6) is 5.75 Å². The van der Waals surface area contributed by atoms with Gasteiger partial charge in [0.05, 0.1) is 0 Å². The fourth-order valence-electron chi connectivity index (χ4n) is 1.60. The van der Waals surface area contributed by atoms with Gasteiger partial charge in [0.2, 0.25) is 0 Å². The molecule has 0 aromatic heterocycles. The molecule has 0 bridgehead atoms. The molecule has 0 fully saturated rings. The van der Waals surface area contributed by atoms with E-state index >= 15 is 0 Å².